The van der Waals surface area contributed by atoms with Crippen LogP contribution in [-0.2, 0) is 62.4 Å². The fraction of sp³-hybridized carbons (Fsp3) is 0.255. The summed E-state index contributed by atoms with van der Waals surface area (Å²) in [7, 11) is 0. The summed E-state index contributed by atoms with van der Waals surface area (Å²) < 4.78 is 343. The molecule has 404 valence electrons. The molecule has 6 rings (SSSR count). The molecular formula is C47H29BF24N2O. The smallest absolute Gasteiger partial charge is 0.287 e. The van der Waals surface area contributed by atoms with Crippen LogP contribution in [0.1, 0.15) is 73.8 Å². The molecule has 3 nitrogen and oxygen atoms in total. The summed E-state index contributed by atoms with van der Waals surface area (Å²) in [5, 5.41) is 0. The van der Waals surface area contributed by atoms with Crippen molar-refractivity contribution in [2.45, 2.75) is 75.7 Å². The average molecular weight is 1100 g/mol. The van der Waals surface area contributed by atoms with Gasteiger partial charge in [0.05, 0.1) is 56.9 Å². The Morgan fingerprint density at radius 3 is 0.853 bits per heavy atom. The van der Waals surface area contributed by atoms with Crippen LogP contribution in [0.2, 0.25) is 0 Å². The number of ketones is 1. The molecule has 0 aliphatic carbocycles. The highest BCUT2D eigenvalue weighted by atomic mass is 19.4. The molecule has 1 heterocycles. The second-order valence-corrected chi connectivity index (χ2v) is 16.5. The molecular weight excluding hydrogens is 1080 g/mol. The van der Waals surface area contributed by atoms with Crippen molar-refractivity contribution in [1.29, 1.82) is 0 Å². The molecule has 0 N–H and O–H groups in total. The zero-order chi connectivity index (χ0) is 56.7. The lowest BCUT2D eigenvalue weighted by Crippen LogP contribution is -2.75. The van der Waals surface area contributed by atoms with Crippen LogP contribution in [0, 0.1) is 0 Å². The van der Waals surface area contributed by atoms with Crippen LogP contribution in [0.4, 0.5) is 105 Å². The van der Waals surface area contributed by atoms with E-state index in [0.29, 0.717) is 6.54 Å². The van der Waals surface area contributed by atoms with E-state index in [1.807, 2.05) is 28.8 Å². The van der Waals surface area contributed by atoms with Crippen LogP contribution in [0.5, 0.6) is 0 Å². The van der Waals surface area contributed by atoms with Crippen molar-refractivity contribution in [1.82, 2.24) is 4.98 Å². The van der Waals surface area contributed by atoms with Gasteiger partial charge in [0.25, 0.3) is 0 Å². The van der Waals surface area contributed by atoms with Crippen LogP contribution in [0.3, 0.4) is 0 Å². The number of nitrogens with zero attached hydrogens (tertiary/aromatic N) is 2. The first-order valence-corrected chi connectivity index (χ1v) is 20.8. The Hall–Kier alpha value is -6.77. The van der Waals surface area contributed by atoms with E-state index in [1.54, 1.807) is 24.8 Å². The van der Waals surface area contributed by atoms with Gasteiger partial charge in [0.2, 0.25) is 12.3 Å². The maximum absolute atomic E-state index is 14.2. The van der Waals surface area contributed by atoms with Crippen molar-refractivity contribution in [2.24, 2.45) is 0 Å². The number of alkyl halides is 24. The SMILES string of the molecule is CCCc1ccc(C(=O)C[n+]2ccncc2)cc1.FC(F)(F)c1cc([B-](c2cc(C(F)(F)F)cc(C(F)(F)F)c2)(c2cc(C(F)(F)F)cc(C(F)(F)F)c2)c2cc(C(F)(F)F)cc(C(F)(F)F)c2)cc(C(F)(F)F)c1. The molecule has 0 spiro atoms. The predicted molar refractivity (Wildman–Crippen MR) is 219 cm³/mol. The van der Waals surface area contributed by atoms with Crippen LogP contribution in [0.25, 0.3) is 0 Å². The van der Waals surface area contributed by atoms with E-state index in [4.69, 9.17) is 0 Å². The van der Waals surface area contributed by atoms with Gasteiger partial charge in [-0.2, -0.15) is 132 Å². The minimum Gasteiger partial charge on any atom is -0.287 e. The van der Waals surface area contributed by atoms with Gasteiger partial charge in [-0.15, -0.1) is 0 Å². The number of hydrogen-bond acceptors (Lipinski definition) is 2. The molecule has 1 aromatic heterocycles. The fourth-order valence-corrected chi connectivity index (χ4v) is 7.93. The number of carbonyl (C=O) groups excluding carboxylic acids is 1. The van der Waals surface area contributed by atoms with E-state index >= 15 is 0 Å². The molecule has 0 fully saturated rings. The van der Waals surface area contributed by atoms with E-state index < -0.39 is 195 Å². The number of Topliss-reactive ketones (excluding diaryl/α,β-unsaturated/α-hetero) is 1. The third kappa shape index (κ3) is 14.1. The molecule has 0 aliphatic heterocycles. The first-order valence-electron chi connectivity index (χ1n) is 20.8. The molecule has 0 amide bonds. The molecule has 0 atom stereocenters. The van der Waals surface area contributed by atoms with Crippen LogP contribution >= 0.6 is 0 Å². The monoisotopic (exact) mass is 1100 g/mol. The third-order valence-electron chi connectivity index (χ3n) is 11.3. The van der Waals surface area contributed by atoms with Crippen LogP contribution in [0.15, 0.2) is 122 Å². The highest BCUT2D eigenvalue weighted by Gasteiger charge is 2.47. The van der Waals surface area contributed by atoms with E-state index in [1.165, 1.54) is 5.56 Å². The van der Waals surface area contributed by atoms with Gasteiger partial charge >= 0.3 is 49.4 Å². The predicted octanol–water partition coefficient (Wildman–Crippen LogP) is 13.4. The molecule has 0 unspecified atom stereocenters. The molecule has 5 aromatic carbocycles. The lowest BCUT2D eigenvalue weighted by atomic mass is 9.12. The highest BCUT2D eigenvalue weighted by Crippen LogP contribution is 2.41. The van der Waals surface area contributed by atoms with Crippen molar-refractivity contribution < 1.29 is 115 Å². The topological polar surface area (TPSA) is 33.8 Å². The first kappa shape index (κ1) is 59.1. The van der Waals surface area contributed by atoms with Crippen molar-refractivity contribution in [2.75, 3.05) is 0 Å². The first-order chi connectivity index (χ1) is 34.1. The quantitative estimate of drug-likeness (QED) is 0.0626. The lowest BCUT2D eigenvalue weighted by Gasteiger charge is -2.46. The lowest BCUT2D eigenvalue weighted by molar-refractivity contribution is -0.683. The summed E-state index contributed by atoms with van der Waals surface area (Å²) in [4.78, 5) is 16.0. The number of aryl methyl sites for hydroxylation is 1. The normalized spacial score (nSPS) is 13.3. The maximum Gasteiger partial charge on any atom is 0.416 e. The van der Waals surface area contributed by atoms with Gasteiger partial charge in [-0.25, -0.2) is 0 Å². The van der Waals surface area contributed by atoms with E-state index in [2.05, 4.69) is 11.9 Å². The Balaban J connectivity index is 0.000000483. The second-order valence-electron chi connectivity index (χ2n) is 16.5. The summed E-state index contributed by atoms with van der Waals surface area (Å²) >= 11 is 0. The van der Waals surface area contributed by atoms with Crippen molar-refractivity contribution >= 4 is 33.8 Å². The minimum atomic E-state index is -6.13. The van der Waals surface area contributed by atoms with Gasteiger partial charge in [0, 0.05) is 5.56 Å². The zero-order valence-electron chi connectivity index (χ0n) is 37.1. The Labute approximate surface area is 406 Å². The second kappa shape index (κ2) is 20.7. The summed E-state index contributed by atoms with van der Waals surface area (Å²) in [5.41, 5.74) is -28.2. The summed E-state index contributed by atoms with van der Waals surface area (Å²) in [5.74, 6) is 0.120. The molecule has 0 saturated heterocycles. The summed E-state index contributed by atoms with van der Waals surface area (Å²) in [6.07, 6.45) is -45.7. The Morgan fingerprint density at radius 1 is 0.400 bits per heavy atom. The number of carbonyl (C=O) groups is 1. The standard InChI is InChI=1S/C32H12BF24.C15H17N2O/c34-25(35,36)13-1-14(26(37,38)39)6-21(5-13)33(22-7-15(27(40,41)42)2-16(8-22)28(43,44)45,23-9-17(29(46,47)48)3-18(10-23)30(49,50)51)24-11-19(31(52,53)54)4-20(12-24)32(55,56)57;1-2-3-13-4-6-14(7-5-13)15(18)12-17-10-8-16-9-11-17/h1-12H;4-11H,2-3,12H2,1H3/q-1;+1. The zero-order valence-corrected chi connectivity index (χ0v) is 37.1. The molecule has 0 radical (unpaired) electrons. The van der Waals surface area contributed by atoms with E-state index in [9.17, 15) is 110 Å². The Kier molecular flexibility index (Phi) is 16.4. The third-order valence-corrected chi connectivity index (χ3v) is 11.3. The highest BCUT2D eigenvalue weighted by molar-refractivity contribution is 7.20. The van der Waals surface area contributed by atoms with Gasteiger partial charge in [0.1, 0.15) is 6.15 Å². The van der Waals surface area contributed by atoms with Gasteiger partial charge in [0.15, 0.2) is 12.4 Å². The van der Waals surface area contributed by atoms with Gasteiger partial charge in [-0.1, -0.05) is 86.1 Å². The van der Waals surface area contributed by atoms with E-state index in [-0.39, 0.29) is 5.78 Å². The molecule has 0 bridgehead atoms. The number of hydrogen-bond donors (Lipinski definition) is 0. The van der Waals surface area contributed by atoms with Crippen molar-refractivity contribution in [3.63, 3.8) is 0 Å². The molecule has 0 aliphatic rings. The Bertz CT molecular complexity index is 2550. The summed E-state index contributed by atoms with van der Waals surface area (Å²) in [6, 6.07) is -0.915. The minimum absolute atomic E-state index is 0.120. The van der Waals surface area contributed by atoms with E-state index in [0.717, 1.165) is 18.4 Å². The van der Waals surface area contributed by atoms with Crippen LogP contribution in [-0.4, -0.2) is 16.9 Å². The van der Waals surface area contributed by atoms with Gasteiger partial charge in [-0.3, -0.25) is 9.78 Å². The number of aromatic nitrogens is 2. The molecule has 75 heavy (non-hydrogen) atoms. The molecule has 0 saturated carbocycles. The summed E-state index contributed by atoms with van der Waals surface area (Å²) in [6.45, 7) is 2.51. The van der Waals surface area contributed by atoms with Crippen molar-refractivity contribution in [3.8, 4) is 0 Å². The fourth-order valence-electron chi connectivity index (χ4n) is 7.93. The van der Waals surface area contributed by atoms with Crippen LogP contribution < -0.4 is 26.4 Å². The van der Waals surface area contributed by atoms with Crippen molar-refractivity contribution in [3.05, 3.63) is 177 Å². The largest absolute Gasteiger partial charge is 0.416 e. The molecule has 28 heteroatoms. The molecule has 6 aromatic rings. The number of benzene rings is 5. The van der Waals surface area contributed by atoms with Gasteiger partial charge < -0.3 is 0 Å². The Morgan fingerprint density at radius 2 is 0.640 bits per heavy atom. The van der Waals surface area contributed by atoms with Gasteiger partial charge in [-0.05, 0) is 36.2 Å². The average Bonchev–Trinajstić information content (AvgIpc) is 3.27. The maximum atomic E-state index is 14.2. The number of halogens is 24. The number of rotatable bonds is 9.